The van der Waals surface area contributed by atoms with Gasteiger partial charge in [0.15, 0.2) is 5.01 Å². The maximum absolute atomic E-state index is 12.7. The third-order valence-electron chi connectivity index (χ3n) is 3.91. The number of nitrogens with one attached hydrogen (secondary N) is 1. The summed E-state index contributed by atoms with van der Waals surface area (Å²) < 4.78 is 2.64. The fourth-order valence-electron chi connectivity index (χ4n) is 2.69. The number of carbonyl (C=O) groups excluding carboxylic acids is 2. The van der Waals surface area contributed by atoms with Gasteiger partial charge in [-0.1, -0.05) is 30.3 Å². The van der Waals surface area contributed by atoms with Crippen LogP contribution in [0.4, 0.5) is 5.82 Å². The Morgan fingerprint density at radius 3 is 2.46 bits per heavy atom. The molecule has 0 atom stereocenters. The van der Waals surface area contributed by atoms with E-state index in [-0.39, 0.29) is 11.5 Å². The third-order valence-corrected chi connectivity index (χ3v) is 4.94. The number of hydrogen-bond donors (Lipinski definition) is 2. The molecule has 0 saturated heterocycles. The van der Waals surface area contributed by atoms with E-state index >= 15 is 0 Å². The SMILES string of the molecule is NC(=O)c1ccn(-c2ccccc2)c1NC(=O)c1nc2ccccc2s1. The minimum Gasteiger partial charge on any atom is -0.365 e. The van der Waals surface area contributed by atoms with Crippen molar-refractivity contribution in [2.75, 3.05) is 5.32 Å². The molecule has 0 radical (unpaired) electrons. The van der Waals surface area contributed by atoms with Crippen molar-refractivity contribution in [3.05, 3.63) is 77.4 Å². The molecule has 2 aromatic heterocycles. The molecule has 128 valence electrons. The highest BCUT2D eigenvalue weighted by Gasteiger charge is 2.20. The van der Waals surface area contributed by atoms with Gasteiger partial charge in [-0.25, -0.2) is 4.98 Å². The van der Waals surface area contributed by atoms with E-state index in [1.54, 1.807) is 16.8 Å². The number of rotatable bonds is 4. The standard InChI is InChI=1S/C19H14N4O2S/c20-16(24)13-10-11-23(12-6-2-1-3-7-12)17(13)22-18(25)19-21-14-8-4-5-9-15(14)26-19/h1-11H,(H2,20,24)(H,22,25). The molecule has 0 spiro atoms. The predicted octanol–water partition coefficient (Wildman–Crippen LogP) is 3.44. The van der Waals surface area contributed by atoms with Gasteiger partial charge in [0.1, 0.15) is 5.82 Å². The number of thiazole rings is 1. The van der Waals surface area contributed by atoms with Crippen LogP contribution in [0.15, 0.2) is 66.9 Å². The van der Waals surface area contributed by atoms with Crippen LogP contribution in [0.25, 0.3) is 15.9 Å². The fraction of sp³-hybridized carbons (Fsp3) is 0. The Morgan fingerprint density at radius 1 is 1.00 bits per heavy atom. The smallest absolute Gasteiger partial charge is 0.285 e. The Morgan fingerprint density at radius 2 is 1.73 bits per heavy atom. The molecule has 2 heterocycles. The lowest BCUT2D eigenvalue weighted by molar-refractivity contribution is 0.100. The van der Waals surface area contributed by atoms with E-state index in [0.717, 1.165) is 15.9 Å². The van der Waals surface area contributed by atoms with E-state index in [9.17, 15) is 9.59 Å². The summed E-state index contributed by atoms with van der Waals surface area (Å²) in [5.74, 6) is -0.670. The molecule has 0 aliphatic heterocycles. The molecule has 0 unspecified atom stereocenters. The summed E-state index contributed by atoms with van der Waals surface area (Å²) in [7, 11) is 0. The minimum atomic E-state index is -0.612. The number of amides is 2. The average Bonchev–Trinajstić information content (AvgIpc) is 3.26. The maximum atomic E-state index is 12.7. The molecule has 2 aromatic carbocycles. The summed E-state index contributed by atoms with van der Waals surface area (Å²) >= 11 is 1.29. The Balaban J connectivity index is 1.73. The van der Waals surface area contributed by atoms with Crippen LogP contribution < -0.4 is 11.1 Å². The number of fused-ring (bicyclic) bond motifs is 1. The van der Waals surface area contributed by atoms with Crippen LogP contribution in [0.5, 0.6) is 0 Å². The molecular weight excluding hydrogens is 348 g/mol. The number of hydrogen-bond acceptors (Lipinski definition) is 4. The van der Waals surface area contributed by atoms with Gasteiger partial charge in [0.05, 0.1) is 15.8 Å². The van der Waals surface area contributed by atoms with E-state index in [0.29, 0.717) is 10.8 Å². The Bertz CT molecular complexity index is 1080. The Kier molecular flexibility index (Phi) is 3.98. The van der Waals surface area contributed by atoms with Gasteiger partial charge in [-0.15, -0.1) is 11.3 Å². The number of primary amides is 1. The van der Waals surface area contributed by atoms with Gasteiger partial charge in [-0.2, -0.15) is 0 Å². The number of anilines is 1. The van der Waals surface area contributed by atoms with Crippen molar-refractivity contribution in [3.63, 3.8) is 0 Å². The molecule has 3 N–H and O–H groups in total. The van der Waals surface area contributed by atoms with Crippen LogP contribution in [0.3, 0.4) is 0 Å². The number of aromatic nitrogens is 2. The molecule has 7 heteroatoms. The second kappa shape index (κ2) is 6.45. The second-order valence-corrected chi connectivity index (χ2v) is 6.62. The van der Waals surface area contributed by atoms with Gasteiger partial charge >= 0.3 is 0 Å². The van der Waals surface area contributed by atoms with Crippen LogP contribution in [0.2, 0.25) is 0 Å². The van der Waals surface area contributed by atoms with Gasteiger partial charge < -0.3 is 15.6 Å². The summed E-state index contributed by atoms with van der Waals surface area (Å²) in [6, 6.07) is 18.5. The monoisotopic (exact) mass is 362 g/mol. The molecule has 0 fully saturated rings. The summed E-state index contributed by atoms with van der Waals surface area (Å²) in [6.07, 6.45) is 1.70. The highest BCUT2D eigenvalue weighted by atomic mass is 32.1. The van der Waals surface area contributed by atoms with Gasteiger partial charge in [0.25, 0.3) is 11.8 Å². The quantitative estimate of drug-likeness (QED) is 0.583. The average molecular weight is 362 g/mol. The summed E-state index contributed by atoms with van der Waals surface area (Å²) in [4.78, 5) is 28.8. The molecule has 4 rings (SSSR count). The number of carbonyl (C=O) groups is 2. The van der Waals surface area contributed by atoms with Crippen molar-refractivity contribution in [2.24, 2.45) is 5.73 Å². The van der Waals surface area contributed by atoms with Crippen molar-refractivity contribution < 1.29 is 9.59 Å². The molecule has 6 nitrogen and oxygen atoms in total. The normalized spacial score (nSPS) is 10.8. The largest absolute Gasteiger partial charge is 0.365 e. The van der Waals surface area contributed by atoms with Crippen molar-refractivity contribution in [1.82, 2.24) is 9.55 Å². The molecule has 4 aromatic rings. The van der Waals surface area contributed by atoms with Crippen molar-refractivity contribution in [3.8, 4) is 5.69 Å². The molecule has 0 bridgehead atoms. The first-order chi connectivity index (χ1) is 12.6. The first-order valence-electron chi connectivity index (χ1n) is 7.87. The first kappa shape index (κ1) is 16.0. The van der Waals surface area contributed by atoms with Gasteiger partial charge in [-0.3, -0.25) is 9.59 Å². The van der Waals surface area contributed by atoms with Crippen LogP contribution >= 0.6 is 11.3 Å². The topological polar surface area (TPSA) is 90.0 Å². The van der Waals surface area contributed by atoms with E-state index in [1.807, 2.05) is 54.6 Å². The lowest BCUT2D eigenvalue weighted by Gasteiger charge is -2.11. The van der Waals surface area contributed by atoms with E-state index in [1.165, 1.54) is 11.3 Å². The van der Waals surface area contributed by atoms with Crippen molar-refractivity contribution >= 4 is 39.2 Å². The number of para-hydroxylation sites is 2. The lowest BCUT2D eigenvalue weighted by Crippen LogP contribution is -2.19. The van der Waals surface area contributed by atoms with Gasteiger partial charge in [0, 0.05) is 11.9 Å². The van der Waals surface area contributed by atoms with Crippen LogP contribution in [-0.2, 0) is 0 Å². The van der Waals surface area contributed by atoms with Crippen LogP contribution in [-0.4, -0.2) is 21.4 Å². The lowest BCUT2D eigenvalue weighted by atomic mass is 10.3. The van der Waals surface area contributed by atoms with Crippen LogP contribution in [0, 0.1) is 0 Å². The number of nitrogens with zero attached hydrogens (tertiary/aromatic N) is 2. The minimum absolute atomic E-state index is 0.239. The van der Waals surface area contributed by atoms with Crippen molar-refractivity contribution in [1.29, 1.82) is 0 Å². The highest BCUT2D eigenvalue weighted by Crippen LogP contribution is 2.25. The Hall–Kier alpha value is -3.45. The molecule has 2 amide bonds. The zero-order valence-corrected chi connectivity index (χ0v) is 14.4. The zero-order valence-electron chi connectivity index (χ0n) is 13.5. The summed E-state index contributed by atoms with van der Waals surface area (Å²) in [5, 5.41) is 3.11. The second-order valence-electron chi connectivity index (χ2n) is 5.59. The molecular formula is C19H14N4O2S. The van der Waals surface area contributed by atoms with Gasteiger partial charge in [0.2, 0.25) is 0 Å². The molecule has 0 aliphatic rings. The van der Waals surface area contributed by atoms with Gasteiger partial charge in [-0.05, 0) is 30.3 Å². The maximum Gasteiger partial charge on any atom is 0.285 e. The molecule has 0 saturated carbocycles. The highest BCUT2D eigenvalue weighted by molar-refractivity contribution is 7.20. The Labute approximate surface area is 152 Å². The number of nitrogens with two attached hydrogens (primary N) is 1. The van der Waals surface area contributed by atoms with E-state index < -0.39 is 5.91 Å². The van der Waals surface area contributed by atoms with E-state index in [2.05, 4.69) is 10.3 Å². The fourth-order valence-corrected chi connectivity index (χ4v) is 3.55. The first-order valence-corrected chi connectivity index (χ1v) is 8.68. The predicted molar refractivity (Wildman–Crippen MR) is 102 cm³/mol. The number of benzene rings is 2. The van der Waals surface area contributed by atoms with Crippen molar-refractivity contribution in [2.45, 2.75) is 0 Å². The van der Waals surface area contributed by atoms with E-state index in [4.69, 9.17) is 5.73 Å². The third kappa shape index (κ3) is 2.84. The summed E-state index contributed by atoms with van der Waals surface area (Å²) in [5.41, 5.74) is 7.27. The zero-order chi connectivity index (χ0) is 18.1. The van der Waals surface area contributed by atoms with Crippen LogP contribution in [0.1, 0.15) is 20.2 Å². The molecule has 0 aliphatic carbocycles. The summed E-state index contributed by atoms with van der Waals surface area (Å²) in [6.45, 7) is 0. The molecule has 26 heavy (non-hydrogen) atoms.